The van der Waals surface area contributed by atoms with Crippen LogP contribution in [0.25, 0.3) is 55.6 Å². The van der Waals surface area contributed by atoms with Gasteiger partial charge in [-0.3, -0.25) is 4.57 Å². The van der Waals surface area contributed by atoms with Crippen molar-refractivity contribution in [2.24, 2.45) is 0 Å². The third-order valence-corrected chi connectivity index (χ3v) is 6.39. The Morgan fingerprint density at radius 3 is 2.03 bits per heavy atom. The Bertz CT molecular complexity index is 1740. The van der Waals surface area contributed by atoms with Crippen molar-refractivity contribution in [2.45, 2.75) is 0 Å². The van der Waals surface area contributed by atoms with Crippen LogP contribution in [0.2, 0.25) is 0 Å². The average Bonchev–Trinajstić information content (AvgIpc) is 3.49. The molecule has 34 heavy (non-hydrogen) atoms. The molecule has 160 valence electrons. The van der Waals surface area contributed by atoms with Crippen LogP contribution in [0, 0.1) is 0 Å². The summed E-state index contributed by atoms with van der Waals surface area (Å²) in [4.78, 5) is 5.09. The summed E-state index contributed by atoms with van der Waals surface area (Å²) in [5.41, 5.74) is 4.20. The number of rotatable bonds is 3. The summed E-state index contributed by atoms with van der Waals surface area (Å²) in [5, 5.41) is 9.94. The molecule has 0 saturated carbocycles. The SMILES string of the molecule is c1ccc(-c2nc(-n3c4ccccc4c4c5ccccc5ccc43)nn2-c2ccccc2)cc1. The van der Waals surface area contributed by atoms with E-state index in [4.69, 9.17) is 10.1 Å². The summed E-state index contributed by atoms with van der Waals surface area (Å²) in [7, 11) is 0. The molecule has 0 aliphatic rings. The van der Waals surface area contributed by atoms with Crippen LogP contribution in [0.1, 0.15) is 0 Å². The van der Waals surface area contributed by atoms with Gasteiger partial charge in [-0.05, 0) is 35.0 Å². The highest BCUT2D eigenvalue weighted by Crippen LogP contribution is 2.36. The molecule has 4 heteroatoms. The van der Waals surface area contributed by atoms with Gasteiger partial charge in [-0.25, -0.2) is 4.68 Å². The van der Waals surface area contributed by atoms with E-state index in [-0.39, 0.29) is 0 Å². The predicted molar refractivity (Wildman–Crippen MR) is 139 cm³/mol. The van der Waals surface area contributed by atoms with Crippen molar-refractivity contribution in [3.05, 3.63) is 121 Å². The molecule has 0 fully saturated rings. The smallest absolute Gasteiger partial charge is 0.254 e. The maximum Gasteiger partial charge on any atom is 0.254 e. The Morgan fingerprint density at radius 1 is 0.529 bits per heavy atom. The number of aromatic nitrogens is 4. The first kappa shape index (κ1) is 18.8. The molecule has 0 aliphatic heterocycles. The van der Waals surface area contributed by atoms with E-state index < -0.39 is 0 Å². The zero-order chi connectivity index (χ0) is 22.5. The molecule has 0 aliphatic carbocycles. The largest absolute Gasteiger partial charge is 0.277 e. The van der Waals surface area contributed by atoms with Gasteiger partial charge in [-0.15, -0.1) is 5.10 Å². The highest BCUT2D eigenvalue weighted by atomic mass is 15.4. The molecule has 2 heterocycles. The minimum Gasteiger partial charge on any atom is -0.277 e. The van der Waals surface area contributed by atoms with Crippen LogP contribution in [0.15, 0.2) is 121 Å². The van der Waals surface area contributed by atoms with Crippen molar-refractivity contribution in [2.75, 3.05) is 0 Å². The van der Waals surface area contributed by atoms with Crippen molar-refractivity contribution >= 4 is 32.6 Å². The lowest BCUT2D eigenvalue weighted by molar-refractivity contribution is 0.863. The summed E-state index contributed by atoms with van der Waals surface area (Å²) >= 11 is 0. The van der Waals surface area contributed by atoms with Gasteiger partial charge in [0.15, 0.2) is 5.82 Å². The van der Waals surface area contributed by atoms with Gasteiger partial charge < -0.3 is 0 Å². The Kier molecular flexibility index (Phi) is 4.11. The molecule has 7 rings (SSSR count). The first-order valence-electron chi connectivity index (χ1n) is 11.4. The standard InChI is InChI=1S/C30H20N4/c1-3-12-22(13-4-1)29-31-30(32-34(29)23-14-5-2-6-15-23)33-26-18-10-9-17-25(26)28-24-16-8-7-11-21(24)19-20-27(28)33/h1-20H. The Balaban J connectivity index is 1.58. The molecule has 0 saturated heterocycles. The van der Waals surface area contributed by atoms with Gasteiger partial charge in [0.2, 0.25) is 0 Å². The summed E-state index contributed by atoms with van der Waals surface area (Å²) < 4.78 is 4.12. The average molecular weight is 437 g/mol. The van der Waals surface area contributed by atoms with Crippen LogP contribution in [0.4, 0.5) is 0 Å². The predicted octanol–water partition coefficient (Wildman–Crippen LogP) is 7.18. The van der Waals surface area contributed by atoms with Gasteiger partial charge >= 0.3 is 0 Å². The fourth-order valence-electron chi connectivity index (χ4n) is 4.87. The van der Waals surface area contributed by atoms with Gasteiger partial charge in [0.25, 0.3) is 5.95 Å². The van der Waals surface area contributed by atoms with Gasteiger partial charge in [-0.2, -0.15) is 4.98 Å². The molecule has 0 unspecified atom stereocenters. The Morgan fingerprint density at radius 2 is 1.21 bits per heavy atom. The highest BCUT2D eigenvalue weighted by Gasteiger charge is 2.20. The maximum atomic E-state index is 5.09. The summed E-state index contributed by atoms with van der Waals surface area (Å²) in [6.45, 7) is 0. The van der Waals surface area contributed by atoms with Crippen molar-refractivity contribution < 1.29 is 0 Å². The van der Waals surface area contributed by atoms with Crippen LogP contribution in [0.3, 0.4) is 0 Å². The zero-order valence-electron chi connectivity index (χ0n) is 18.3. The summed E-state index contributed by atoms with van der Waals surface area (Å²) in [5.74, 6) is 1.47. The zero-order valence-corrected chi connectivity index (χ0v) is 18.3. The minimum absolute atomic E-state index is 0.657. The van der Waals surface area contributed by atoms with Crippen LogP contribution in [-0.4, -0.2) is 19.3 Å². The molecule has 0 bridgehead atoms. The van der Waals surface area contributed by atoms with E-state index >= 15 is 0 Å². The quantitative estimate of drug-likeness (QED) is 0.294. The molecular weight excluding hydrogens is 416 g/mol. The van der Waals surface area contributed by atoms with Crippen LogP contribution in [0.5, 0.6) is 0 Å². The maximum absolute atomic E-state index is 5.09. The van der Waals surface area contributed by atoms with E-state index in [2.05, 4.69) is 89.5 Å². The number of hydrogen-bond acceptors (Lipinski definition) is 2. The van der Waals surface area contributed by atoms with E-state index in [0.717, 1.165) is 28.1 Å². The third kappa shape index (κ3) is 2.79. The lowest BCUT2D eigenvalue weighted by Gasteiger charge is -2.05. The summed E-state index contributed by atoms with van der Waals surface area (Å²) in [6, 6.07) is 41.8. The van der Waals surface area contributed by atoms with Crippen molar-refractivity contribution in [3.8, 4) is 23.0 Å². The monoisotopic (exact) mass is 436 g/mol. The lowest BCUT2D eigenvalue weighted by atomic mass is 10.0. The van der Waals surface area contributed by atoms with Gasteiger partial charge in [-0.1, -0.05) is 97.1 Å². The summed E-state index contributed by atoms with van der Waals surface area (Å²) in [6.07, 6.45) is 0. The number of para-hydroxylation sites is 2. The second-order valence-corrected chi connectivity index (χ2v) is 8.38. The van der Waals surface area contributed by atoms with E-state index in [9.17, 15) is 0 Å². The van der Waals surface area contributed by atoms with E-state index in [0.29, 0.717) is 5.95 Å². The Hall–Kier alpha value is -4.70. The van der Waals surface area contributed by atoms with Gasteiger partial charge in [0.1, 0.15) is 0 Å². The molecule has 0 N–H and O–H groups in total. The fraction of sp³-hybridized carbons (Fsp3) is 0. The second kappa shape index (κ2) is 7.42. The second-order valence-electron chi connectivity index (χ2n) is 8.38. The van der Waals surface area contributed by atoms with Gasteiger partial charge in [0, 0.05) is 16.3 Å². The molecule has 5 aromatic carbocycles. The minimum atomic E-state index is 0.657. The third-order valence-electron chi connectivity index (χ3n) is 6.39. The van der Waals surface area contributed by atoms with Crippen molar-refractivity contribution in [3.63, 3.8) is 0 Å². The lowest BCUT2D eigenvalue weighted by Crippen LogP contribution is -2.01. The molecule has 4 nitrogen and oxygen atoms in total. The number of benzene rings is 5. The topological polar surface area (TPSA) is 35.6 Å². The molecule has 7 aromatic rings. The fourth-order valence-corrected chi connectivity index (χ4v) is 4.87. The first-order chi connectivity index (χ1) is 16.9. The highest BCUT2D eigenvalue weighted by molar-refractivity contribution is 6.21. The van der Waals surface area contributed by atoms with Crippen LogP contribution < -0.4 is 0 Å². The van der Waals surface area contributed by atoms with Crippen LogP contribution >= 0.6 is 0 Å². The number of hydrogen-bond donors (Lipinski definition) is 0. The molecule has 0 atom stereocenters. The van der Waals surface area contributed by atoms with Crippen LogP contribution in [-0.2, 0) is 0 Å². The van der Waals surface area contributed by atoms with E-state index in [1.165, 1.54) is 21.5 Å². The van der Waals surface area contributed by atoms with E-state index in [1.807, 2.05) is 41.1 Å². The van der Waals surface area contributed by atoms with Crippen molar-refractivity contribution in [1.29, 1.82) is 0 Å². The van der Waals surface area contributed by atoms with Gasteiger partial charge in [0.05, 0.1) is 16.7 Å². The molecular formula is C30H20N4. The molecule has 0 radical (unpaired) electrons. The molecule has 2 aromatic heterocycles. The van der Waals surface area contributed by atoms with Crippen molar-refractivity contribution in [1.82, 2.24) is 19.3 Å². The van der Waals surface area contributed by atoms with E-state index in [1.54, 1.807) is 0 Å². The molecule has 0 amide bonds. The number of nitrogens with zero attached hydrogens (tertiary/aromatic N) is 4. The normalized spacial score (nSPS) is 11.5. The number of fused-ring (bicyclic) bond motifs is 5. The first-order valence-corrected chi connectivity index (χ1v) is 11.4. The Labute approximate surface area is 196 Å². The molecule has 0 spiro atoms.